The minimum Gasteiger partial charge on any atom is -0.448 e. The maximum atomic E-state index is 13.4. The lowest BCUT2D eigenvalue weighted by Gasteiger charge is -2.29. The maximum absolute atomic E-state index is 13.4. The Morgan fingerprint density at radius 3 is 2.16 bits per heavy atom. The van der Waals surface area contributed by atoms with Gasteiger partial charge in [-0.05, 0) is 66.8 Å². The molecule has 3 aromatic rings. The van der Waals surface area contributed by atoms with Crippen LogP contribution in [-0.4, -0.2) is 24.0 Å². The van der Waals surface area contributed by atoms with Crippen molar-refractivity contribution >= 4 is 46.7 Å². The van der Waals surface area contributed by atoms with Gasteiger partial charge in [-0.2, -0.15) is 5.26 Å². The van der Waals surface area contributed by atoms with E-state index < -0.39 is 18.0 Å². The van der Waals surface area contributed by atoms with Gasteiger partial charge in [0.05, 0.1) is 27.2 Å². The summed E-state index contributed by atoms with van der Waals surface area (Å²) < 4.78 is 5.60. The van der Waals surface area contributed by atoms with Crippen LogP contribution in [0.4, 0.5) is 0 Å². The smallest absolute Gasteiger partial charge is 0.341 e. The summed E-state index contributed by atoms with van der Waals surface area (Å²) in [5.41, 5.74) is 2.48. The Morgan fingerprint density at radius 1 is 0.946 bits per heavy atom. The molecule has 3 aromatic carbocycles. The molecule has 0 spiro atoms. The van der Waals surface area contributed by atoms with E-state index in [0.717, 1.165) is 11.1 Å². The number of nitrogens with zero attached hydrogens (tertiary/aromatic N) is 1. The zero-order valence-electron chi connectivity index (χ0n) is 20.7. The molecular weight excluding hydrogens is 531 g/mol. The number of halogens is 3. The average molecular weight is 558 g/mol. The second-order valence-corrected chi connectivity index (χ2v) is 10.4. The van der Waals surface area contributed by atoms with Crippen LogP contribution in [0.1, 0.15) is 53.7 Å². The monoisotopic (exact) mass is 556 g/mol. The fourth-order valence-electron chi connectivity index (χ4n) is 4.06. The van der Waals surface area contributed by atoms with E-state index in [1.165, 1.54) is 12.1 Å². The quantitative estimate of drug-likeness (QED) is 0.281. The van der Waals surface area contributed by atoms with Crippen molar-refractivity contribution in [1.82, 2.24) is 5.32 Å². The first-order valence-corrected chi connectivity index (χ1v) is 12.9. The number of nitrogens with one attached hydrogen (secondary N) is 1. The molecule has 1 amide bonds. The summed E-state index contributed by atoms with van der Waals surface area (Å²) in [4.78, 5) is 26.2. The van der Waals surface area contributed by atoms with Crippen LogP contribution in [0.25, 0.3) is 0 Å². The predicted octanol–water partition coefficient (Wildman–Crippen LogP) is 7.23. The molecule has 0 heterocycles. The van der Waals surface area contributed by atoms with Crippen LogP contribution >= 0.6 is 34.8 Å². The number of rotatable bonds is 9. The molecule has 192 valence electrons. The third-order valence-corrected chi connectivity index (χ3v) is 6.93. The predicted molar refractivity (Wildman–Crippen MR) is 147 cm³/mol. The lowest BCUT2D eigenvalue weighted by Crippen LogP contribution is -2.46. The number of hydrogen-bond donors (Lipinski definition) is 1. The van der Waals surface area contributed by atoms with Crippen molar-refractivity contribution in [3.8, 4) is 6.07 Å². The average Bonchev–Trinajstić information content (AvgIpc) is 2.86. The van der Waals surface area contributed by atoms with E-state index in [1.807, 2.05) is 49.4 Å². The van der Waals surface area contributed by atoms with E-state index >= 15 is 0 Å². The summed E-state index contributed by atoms with van der Waals surface area (Å²) >= 11 is 18.4. The van der Waals surface area contributed by atoms with Crippen molar-refractivity contribution in [3.63, 3.8) is 0 Å². The largest absolute Gasteiger partial charge is 0.448 e. The highest BCUT2D eigenvalue weighted by atomic mass is 35.5. The lowest BCUT2D eigenvalue weighted by atomic mass is 9.85. The number of carbonyl (C=O) groups is 2. The van der Waals surface area contributed by atoms with Gasteiger partial charge in [0.1, 0.15) is 0 Å². The summed E-state index contributed by atoms with van der Waals surface area (Å²) in [6, 6.07) is 21.3. The van der Waals surface area contributed by atoms with Crippen molar-refractivity contribution < 1.29 is 14.3 Å². The van der Waals surface area contributed by atoms with Crippen LogP contribution in [0.15, 0.2) is 66.7 Å². The minimum atomic E-state index is -1.07. The maximum Gasteiger partial charge on any atom is 0.341 e. The molecule has 0 bridgehead atoms. The topological polar surface area (TPSA) is 79.2 Å². The molecular formula is C29H27Cl3N2O3. The first-order valence-electron chi connectivity index (χ1n) is 11.8. The molecule has 0 aliphatic rings. The fraction of sp³-hybridized carbons (Fsp3) is 0.276. The highest BCUT2D eigenvalue weighted by Crippen LogP contribution is 2.28. The number of amides is 1. The van der Waals surface area contributed by atoms with Gasteiger partial charge < -0.3 is 10.1 Å². The third kappa shape index (κ3) is 7.49. The molecule has 0 aliphatic heterocycles. The molecule has 0 aromatic heterocycles. The fourth-order valence-corrected chi connectivity index (χ4v) is 4.74. The molecule has 0 fully saturated rings. The van der Waals surface area contributed by atoms with Crippen LogP contribution in [0.2, 0.25) is 15.1 Å². The number of carbonyl (C=O) groups excluding carboxylic acids is 2. The highest BCUT2D eigenvalue weighted by molar-refractivity contribution is 6.39. The normalized spacial score (nSPS) is 13.4. The Labute approximate surface area is 232 Å². The van der Waals surface area contributed by atoms with Crippen LogP contribution in [0.3, 0.4) is 0 Å². The van der Waals surface area contributed by atoms with E-state index in [4.69, 9.17) is 39.5 Å². The van der Waals surface area contributed by atoms with Crippen molar-refractivity contribution in [2.45, 2.75) is 45.3 Å². The first-order chi connectivity index (χ1) is 17.6. The van der Waals surface area contributed by atoms with Crippen molar-refractivity contribution in [2.24, 2.45) is 5.92 Å². The number of hydrogen-bond acceptors (Lipinski definition) is 4. The second-order valence-electron chi connectivity index (χ2n) is 9.14. The molecule has 5 nitrogen and oxygen atoms in total. The summed E-state index contributed by atoms with van der Waals surface area (Å²) in [5.74, 6) is -1.68. The van der Waals surface area contributed by atoms with Crippen LogP contribution in [0.5, 0.6) is 0 Å². The summed E-state index contributed by atoms with van der Waals surface area (Å²) in [6.45, 7) is 5.47. The molecule has 0 radical (unpaired) electrons. The van der Waals surface area contributed by atoms with E-state index in [2.05, 4.69) is 11.4 Å². The number of ether oxygens (including phenoxy) is 1. The summed E-state index contributed by atoms with van der Waals surface area (Å²) in [6.07, 6.45) is -0.474. The van der Waals surface area contributed by atoms with Gasteiger partial charge in [-0.3, -0.25) is 4.79 Å². The van der Waals surface area contributed by atoms with E-state index in [-0.39, 0.29) is 33.5 Å². The summed E-state index contributed by atoms with van der Waals surface area (Å²) in [7, 11) is 0. The zero-order chi connectivity index (χ0) is 27.1. The van der Waals surface area contributed by atoms with Crippen LogP contribution in [0, 0.1) is 17.2 Å². The Morgan fingerprint density at radius 2 is 1.57 bits per heavy atom. The Kier molecular flexibility index (Phi) is 10.00. The SMILES string of the molecule is CC(C)[C@@H](OC(=O)c1c(Cl)cccc1Cl)C(=O)N[C@@H](C)[C@@H](Cc1ccc(Cl)cc1)c1cccc(C#N)c1. The Bertz CT molecular complexity index is 1280. The molecule has 0 aliphatic carbocycles. The molecule has 0 unspecified atom stereocenters. The van der Waals surface area contributed by atoms with Crippen molar-refractivity contribution in [3.05, 3.63) is 104 Å². The van der Waals surface area contributed by atoms with E-state index in [9.17, 15) is 14.9 Å². The molecule has 3 rings (SSSR count). The van der Waals surface area contributed by atoms with Gasteiger partial charge in [-0.15, -0.1) is 0 Å². The van der Waals surface area contributed by atoms with Crippen molar-refractivity contribution in [1.29, 1.82) is 5.26 Å². The highest BCUT2D eigenvalue weighted by Gasteiger charge is 2.31. The first kappa shape index (κ1) is 28.5. The molecule has 0 saturated heterocycles. The van der Waals surface area contributed by atoms with Gasteiger partial charge in [-0.25, -0.2) is 4.79 Å². The van der Waals surface area contributed by atoms with Gasteiger partial charge in [-0.1, -0.05) is 79.0 Å². The number of benzene rings is 3. The number of esters is 1. The second kappa shape index (κ2) is 13.0. The molecule has 0 saturated carbocycles. The van der Waals surface area contributed by atoms with Gasteiger partial charge in [0.2, 0.25) is 0 Å². The Balaban J connectivity index is 1.84. The molecule has 1 N–H and O–H groups in total. The van der Waals surface area contributed by atoms with Gasteiger partial charge >= 0.3 is 5.97 Å². The number of nitriles is 1. The third-order valence-electron chi connectivity index (χ3n) is 6.05. The van der Waals surface area contributed by atoms with E-state index in [1.54, 1.807) is 26.0 Å². The van der Waals surface area contributed by atoms with Gasteiger partial charge in [0.25, 0.3) is 5.91 Å². The van der Waals surface area contributed by atoms with Crippen LogP contribution in [-0.2, 0) is 16.0 Å². The Hall–Kier alpha value is -3.04. The molecule has 3 atom stereocenters. The van der Waals surface area contributed by atoms with Crippen molar-refractivity contribution in [2.75, 3.05) is 0 Å². The minimum absolute atomic E-state index is 0.0197. The van der Waals surface area contributed by atoms with E-state index in [0.29, 0.717) is 17.0 Å². The summed E-state index contributed by atoms with van der Waals surface area (Å²) in [5, 5.41) is 13.3. The molecule has 37 heavy (non-hydrogen) atoms. The molecule has 8 heteroatoms. The zero-order valence-corrected chi connectivity index (χ0v) is 22.9. The lowest BCUT2D eigenvalue weighted by molar-refractivity contribution is -0.133. The standard InChI is InChI=1S/C29H27Cl3N2O3/c1-17(2)27(37-29(36)26-24(31)8-5-9-25(26)32)28(35)34-18(3)23(15-19-10-12-22(30)13-11-19)21-7-4-6-20(14-21)16-33/h4-14,17-18,23,27H,15H2,1-3H3,(H,34,35)/t18-,23+,27+/m0/s1. The van der Waals surface area contributed by atoms with Crippen LogP contribution < -0.4 is 5.32 Å². The van der Waals surface area contributed by atoms with Gasteiger partial charge in [0, 0.05) is 17.0 Å². The van der Waals surface area contributed by atoms with Gasteiger partial charge in [0.15, 0.2) is 6.10 Å².